The monoisotopic (exact) mass is 393 g/mol. The molecule has 0 bridgehead atoms. The van der Waals surface area contributed by atoms with Crippen LogP contribution < -0.4 is 0 Å². The minimum absolute atomic E-state index is 0.150. The molecule has 2 saturated heterocycles. The Morgan fingerprint density at radius 3 is 2.61 bits per heavy atom. The lowest BCUT2D eigenvalue weighted by Crippen LogP contribution is -2.69. The fourth-order valence-corrected chi connectivity index (χ4v) is 4.15. The summed E-state index contributed by atoms with van der Waals surface area (Å²) in [5, 5.41) is 9.58. The van der Waals surface area contributed by atoms with E-state index in [9.17, 15) is 32.7 Å². The van der Waals surface area contributed by atoms with E-state index in [0.717, 1.165) is 4.90 Å². The second kappa shape index (κ2) is 6.18. The number of halogens is 3. The van der Waals surface area contributed by atoms with Gasteiger partial charge in [0.2, 0.25) is 0 Å². The van der Waals surface area contributed by atoms with Gasteiger partial charge in [0, 0.05) is 18.7 Å². The third kappa shape index (κ3) is 2.67. The van der Waals surface area contributed by atoms with Crippen molar-refractivity contribution in [3.05, 3.63) is 47.4 Å². The lowest BCUT2D eigenvalue weighted by atomic mass is 9.79. The van der Waals surface area contributed by atoms with E-state index in [1.165, 1.54) is 6.08 Å². The average Bonchev–Trinajstić information content (AvgIpc) is 3.00. The number of amides is 2. The number of hydrogen-bond acceptors (Lipinski definition) is 4. The molecule has 0 aliphatic carbocycles. The van der Waals surface area contributed by atoms with E-state index in [1.54, 1.807) is 30.5 Å². The molecule has 10 heteroatoms. The highest BCUT2D eigenvalue weighted by molar-refractivity contribution is 6.03. The number of likely N-dealkylation sites (tertiary alicyclic amines) is 1. The molecule has 0 saturated carbocycles. The molecule has 28 heavy (non-hydrogen) atoms. The predicted molar refractivity (Wildman–Crippen MR) is 88.2 cm³/mol. The maximum absolute atomic E-state index is 12.8. The van der Waals surface area contributed by atoms with E-state index in [2.05, 4.69) is 4.98 Å². The van der Waals surface area contributed by atoms with Crippen molar-refractivity contribution in [1.82, 2.24) is 14.8 Å². The molecule has 3 atom stereocenters. The summed E-state index contributed by atoms with van der Waals surface area (Å²) in [5.74, 6) is -4.67. The molecule has 2 amide bonds. The first-order valence-corrected chi connectivity index (χ1v) is 8.46. The van der Waals surface area contributed by atoms with Crippen LogP contribution in [0.25, 0.3) is 6.08 Å². The van der Waals surface area contributed by atoms with Crippen LogP contribution in [-0.4, -0.2) is 62.5 Å². The van der Waals surface area contributed by atoms with Crippen LogP contribution in [0.5, 0.6) is 0 Å². The summed E-state index contributed by atoms with van der Waals surface area (Å²) in [5.41, 5.74) is 0.624. The summed E-state index contributed by atoms with van der Waals surface area (Å²) in [6.45, 7) is -0.246. The highest BCUT2D eigenvalue weighted by Crippen LogP contribution is 2.48. The van der Waals surface area contributed by atoms with E-state index in [0.29, 0.717) is 16.2 Å². The second-order valence-corrected chi connectivity index (χ2v) is 6.83. The standard InChI is InChI=1S/C18H14F3N3O4/c19-18(20,21)17(28)23-8-10-7-9(4-5-11-3-1-2-6-22-11)13(16(26)27)24-12(10)14(23)15(24)25/h1-6,10,12,14H,7-8H2,(H,26,27)/b5-4+/t10-,12-,14+/m1/s1. The van der Waals surface area contributed by atoms with Gasteiger partial charge in [0.15, 0.2) is 0 Å². The molecular weight excluding hydrogens is 379 g/mol. The van der Waals surface area contributed by atoms with Gasteiger partial charge in [0.05, 0.1) is 11.7 Å². The number of rotatable bonds is 3. The highest BCUT2D eigenvalue weighted by atomic mass is 19.4. The smallest absolute Gasteiger partial charge is 0.471 e. The molecule has 0 unspecified atom stereocenters. The largest absolute Gasteiger partial charge is 0.477 e. The Morgan fingerprint density at radius 1 is 1.25 bits per heavy atom. The van der Waals surface area contributed by atoms with Gasteiger partial charge < -0.3 is 10.0 Å². The van der Waals surface area contributed by atoms with Crippen LogP contribution >= 0.6 is 0 Å². The van der Waals surface area contributed by atoms with Gasteiger partial charge in [-0.15, -0.1) is 0 Å². The lowest BCUT2D eigenvalue weighted by molar-refractivity contribution is -0.190. The van der Waals surface area contributed by atoms with Gasteiger partial charge >= 0.3 is 18.1 Å². The quantitative estimate of drug-likeness (QED) is 0.785. The summed E-state index contributed by atoms with van der Waals surface area (Å²) in [6, 6.07) is 3.17. The number of aromatic nitrogens is 1. The third-order valence-corrected chi connectivity index (χ3v) is 5.24. The van der Waals surface area contributed by atoms with Crippen molar-refractivity contribution in [3.63, 3.8) is 0 Å². The molecule has 7 nitrogen and oxygen atoms in total. The van der Waals surface area contributed by atoms with E-state index in [4.69, 9.17) is 0 Å². The third-order valence-electron chi connectivity index (χ3n) is 5.24. The van der Waals surface area contributed by atoms with Crippen molar-refractivity contribution in [2.24, 2.45) is 5.92 Å². The van der Waals surface area contributed by atoms with Gasteiger partial charge in [-0.25, -0.2) is 4.79 Å². The molecule has 0 radical (unpaired) electrons. The minimum atomic E-state index is -5.08. The van der Waals surface area contributed by atoms with Crippen LogP contribution in [-0.2, 0) is 14.4 Å². The van der Waals surface area contributed by atoms with Gasteiger partial charge in [-0.1, -0.05) is 12.1 Å². The Bertz CT molecular complexity index is 926. The number of carboxylic acids is 1. The van der Waals surface area contributed by atoms with Crippen molar-refractivity contribution in [3.8, 4) is 0 Å². The van der Waals surface area contributed by atoms with E-state index in [1.807, 2.05) is 0 Å². The molecule has 1 N–H and O–H groups in total. The maximum atomic E-state index is 12.8. The van der Waals surface area contributed by atoms with Crippen LogP contribution in [0.4, 0.5) is 13.2 Å². The van der Waals surface area contributed by atoms with Gasteiger partial charge in [-0.2, -0.15) is 13.2 Å². The van der Waals surface area contributed by atoms with Crippen LogP contribution in [0.15, 0.2) is 41.7 Å². The molecule has 2 fully saturated rings. The summed E-state index contributed by atoms with van der Waals surface area (Å²) < 4.78 is 38.5. The predicted octanol–water partition coefficient (Wildman–Crippen LogP) is 1.44. The second-order valence-electron chi connectivity index (χ2n) is 6.83. The first-order chi connectivity index (χ1) is 13.2. The molecule has 0 spiro atoms. The van der Waals surface area contributed by atoms with Crippen molar-refractivity contribution in [1.29, 1.82) is 0 Å². The van der Waals surface area contributed by atoms with Crippen LogP contribution in [0.1, 0.15) is 12.1 Å². The number of hydrogen-bond donors (Lipinski definition) is 1. The number of allylic oxidation sites excluding steroid dienone is 2. The van der Waals surface area contributed by atoms with E-state index >= 15 is 0 Å². The van der Waals surface area contributed by atoms with Crippen molar-refractivity contribution >= 4 is 23.9 Å². The summed E-state index contributed by atoms with van der Waals surface area (Å²) in [4.78, 5) is 41.5. The van der Waals surface area contributed by atoms with Gasteiger partial charge in [-0.05, 0) is 30.2 Å². The molecule has 1 aromatic heterocycles. The molecular formula is C18H14F3N3O4. The van der Waals surface area contributed by atoms with Gasteiger partial charge in [0.1, 0.15) is 11.7 Å². The zero-order valence-corrected chi connectivity index (χ0v) is 14.3. The average molecular weight is 393 g/mol. The molecule has 4 heterocycles. The van der Waals surface area contributed by atoms with Gasteiger partial charge in [0.25, 0.3) is 5.91 Å². The molecule has 4 rings (SSSR count). The first-order valence-electron chi connectivity index (χ1n) is 8.46. The minimum Gasteiger partial charge on any atom is -0.477 e. The number of carboxylic acid groups (broad SMARTS) is 1. The summed E-state index contributed by atoms with van der Waals surface area (Å²) >= 11 is 0. The fraction of sp³-hybridized carbons (Fsp3) is 0.333. The number of alkyl halides is 3. The Kier molecular flexibility index (Phi) is 4.02. The Labute approximate surface area is 156 Å². The van der Waals surface area contributed by atoms with Crippen LogP contribution in [0, 0.1) is 5.92 Å². The molecule has 0 aromatic carbocycles. The number of nitrogens with zero attached hydrogens (tertiary/aromatic N) is 3. The number of aliphatic carboxylic acids is 1. The number of β-lactam (4-membered cyclic amide) rings is 1. The molecule has 3 aliphatic heterocycles. The highest BCUT2D eigenvalue weighted by Gasteiger charge is 2.65. The zero-order chi connectivity index (χ0) is 20.2. The summed E-state index contributed by atoms with van der Waals surface area (Å²) in [7, 11) is 0. The van der Waals surface area contributed by atoms with Gasteiger partial charge in [-0.3, -0.25) is 19.5 Å². The number of carbonyl (C=O) groups excluding carboxylic acids is 2. The molecule has 3 aliphatic rings. The Balaban J connectivity index is 1.67. The van der Waals surface area contributed by atoms with Crippen LogP contribution in [0.3, 0.4) is 0 Å². The normalized spacial score (nSPS) is 26.5. The van der Waals surface area contributed by atoms with Crippen molar-refractivity contribution < 1.29 is 32.7 Å². The van der Waals surface area contributed by atoms with Crippen molar-refractivity contribution in [2.45, 2.75) is 24.7 Å². The number of carbonyl (C=O) groups is 3. The molecule has 1 aromatic rings. The topological polar surface area (TPSA) is 90.8 Å². The zero-order valence-electron chi connectivity index (χ0n) is 14.3. The number of pyridine rings is 1. The maximum Gasteiger partial charge on any atom is 0.471 e. The summed E-state index contributed by atoms with van der Waals surface area (Å²) in [6.07, 6.45) is -0.286. The Morgan fingerprint density at radius 2 is 2.00 bits per heavy atom. The van der Waals surface area contributed by atoms with Crippen LogP contribution in [0.2, 0.25) is 0 Å². The SMILES string of the molecule is O=C(O)C1=C(/C=C/c2ccccn2)C[C@@H]2CN(C(=O)C(F)(F)F)[C@@H]3C(=O)N1[C@H]23. The van der Waals surface area contributed by atoms with Crippen molar-refractivity contribution in [2.75, 3.05) is 6.54 Å². The lowest BCUT2D eigenvalue weighted by Gasteiger charge is -2.49. The molecule has 146 valence electrons. The van der Waals surface area contributed by atoms with E-state index in [-0.39, 0.29) is 18.7 Å². The fourth-order valence-electron chi connectivity index (χ4n) is 4.15. The first kappa shape index (κ1) is 18.2. The van der Waals surface area contributed by atoms with E-state index < -0.39 is 42.0 Å². The Hall–Kier alpha value is -3.17.